The van der Waals surface area contributed by atoms with Gasteiger partial charge in [0.1, 0.15) is 5.82 Å². The molecule has 4 nitrogen and oxygen atoms in total. The molecule has 6 heteroatoms. The van der Waals surface area contributed by atoms with Crippen LogP contribution in [-0.4, -0.2) is 22.7 Å². The fourth-order valence-corrected chi connectivity index (χ4v) is 2.19. The summed E-state index contributed by atoms with van der Waals surface area (Å²) in [6, 6.07) is 4.70. The summed E-state index contributed by atoms with van der Waals surface area (Å²) < 4.78 is 18.4. The summed E-state index contributed by atoms with van der Waals surface area (Å²) in [4.78, 5) is 4.35. The highest BCUT2D eigenvalue weighted by Gasteiger charge is 2.14. The highest BCUT2D eigenvalue weighted by atomic mass is 35.5. The Morgan fingerprint density at radius 1 is 1.38 bits per heavy atom. The molecule has 1 unspecified atom stereocenters. The molecule has 1 atom stereocenters. The first-order valence-corrected chi connectivity index (χ1v) is 7.53. The van der Waals surface area contributed by atoms with Crippen molar-refractivity contribution in [1.82, 2.24) is 15.5 Å². The van der Waals surface area contributed by atoms with E-state index in [1.165, 1.54) is 12.1 Å². The third-order valence-electron chi connectivity index (χ3n) is 3.24. The predicted molar refractivity (Wildman–Crippen MR) is 80.8 cm³/mol. The Morgan fingerprint density at radius 3 is 2.86 bits per heavy atom. The van der Waals surface area contributed by atoms with Gasteiger partial charge < -0.3 is 9.84 Å². The van der Waals surface area contributed by atoms with Gasteiger partial charge in [-0.1, -0.05) is 30.6 Å². The van der Waals surface area contributed by atoms with Crippen molar-refractivity contribution >= 4 is 11.6 Å². The molecule has 0 aliphatic carbocycles. The molecule has 114 valence electrons. The Labute approximate surface area is 128 Å². The number of aromatic nitrogens is 2. The van der Waals surface area contributed by atoms with Gasteiger partial charge in [-0.25, -0.2) is 4.39 Å². The normalized spacial score (nSPS) is 12.6. The zero-order valence-corrected chi connectivity index (χ0v) is 13.0. The monoisotopic (exact) mass is 311 g/mol. The minimum atomic E-state index is -0.459. The van der Waals surface area contributed by atoms with Crippen LogP contribution in [0.25, 0.3) is 11.4 Å². The van der Waals surface area contributed by atoms with Gasteiger partial charge in [-0.05, 0) is 37.6 Å². The summed E-state index contributed by atoms with van der Waals surface area (Å²) in [5, 5.41) is 7.42. The van der Waals surface area contributed by atoms with Crippen LogP contribution in [0.2, 0.25) is 5.02 Å². The summed E-state index contributed by atoms with van der Waals surface area (Å²) >= 11 is 5.76. The lowest BCUT2D eigenvalue weighted by Crippen LogP contribution is -2.31. The Balaban J connectivity index is 2.08. The maximum Gasteiger partial charge on any atom is 0.228 e. The molecule has 0 aliphatic heterocycles. The fourth-order valence-electron chi connectivity index (χ4n) is 2.01. The molecular weight excluding hydrogens is 293 g/mol. The molecule has 0 saturated heterocycles. The van der Waals surface area contributed by atoms with E-state index in [9.17, 15) is 4.39 Å². The summed E-state index contributed by atoms with van der Waals surface area (Å²) in [6.07, 6.45) is 2.75. The molecule has 0 saturated carbocycles. The molecule has 1 N–H and O–H groups in total. The van der Waals surface area contributed by atoms with Crippen molar-refractivity contribution < 1.29 is 8.91 Å². The molecular formula is C15H19ClFN3O. The van der Waals surface area contributed by atoms with Gasteiger partial charge in [-0.2, -0.15) is 4.98 Å². The van der Waals surface area contributed by atoms with Crippen LogP contribution in [0.15, 0.2) is 22.7 Å². The first-order chi connectivity index (χ1) is 10.1. The van der Waals surface area contributed by atoms with E-state index in [1.807, 2.05) is 0 Å². The minimum Gasteiger partial charge on any atom is -0.339 e. The lowest BCUT2D eigenvalue weighted by Gasteiger charge is -2.13. The number of rotatable bonds is 7. The van der Waals surface area contributed by atoms with Crippen molar-refractivity contribution in [3.63, 3.8) is 0 Å². The summed E-state index contributed by atoms with van der Waals surface area (Å²) in [5.41, 5.74) is 0.644. The van der Waals surface area contributed by atoms with E-state index in [-0.39, 0.29) is 5.02 Å². The van der Waals surface area contributed by atoms with Crippen LogP contribution in [0, 0.1) is 5.82 Å². The van der Waals surface area contributed by atoms with E-state index in [2.05, 4.69) is 29.3 Å². The van der Waals surface area contributed by atoms with Crippen molar-refractivity contribution in [2.45, 2.75) is 39.2 Å². The number of halogens is 2. The van der Waals surface area contributed by atoms with Gasteiger partial charge >= 0.3 is 0 Å². The standard InChI is InChI=1S/C15H19ClFN3O/c1-3-7-18-11(4-2)9-14-19-15(20-21-14)10-5-6-13(17)12(16)8-10/h5-6,8,11,18H,3-4,7,9H2,1-2H3. The molecule has 0 radical (unpaired) electrons. The summed E-state index contributed by atoms with van der Waals surface area (Å²) in [5.74, 6) is 0.539. The molecule has 0 fully saturated rings. The first kappa shape index (κ1) is 15.9. The van der Waals surface area contributed by atoms with Crippen LogP contribution in [-0.2, 0) is 6.42 Å². The molecule has 21 heavy (non-hydrogen) atoms. The van der Waals surface area contributed by atoms with Crippen molar-refractivity contribution in [3.05, 3.63) is 34.9 Å². The van der Waals surface area contributed by atoms with Crippen molar-refractivity contribution in [1.29, 1.82) is 0 Å². The van der Waals surface area contributed by atoms with Gasteiger partial charge in [0.05, 0.1) is 5.02 Å². The van der Waals surface area contributed by atoms with Crippen LogP contribution < -0.4 is 5.32 Å². The Kier molecular flexibility index (Phi) is 5.70. The average molecular weight is 312 g/mol. The highest BCUT2D eigenvalue weighted by molar-refractivity contribution is 6.31. The SMILES string of the molecule is CCCNC(CC)Cc1nc(-c2ccc(F)c(Cl)c2)no1. The van der Waals surface area contributed by atoms with Gasteiger partial charge in [0.15, 0.2) is 0 Å². The van der Waals surface area contributed by atoms with Crippen molar-refractivity contribution in [3.8, 4) is 11.4 Å². The predicted octanol–water partition coefficient (Wildman–Crippen LogP) is 3.85. The van der Waals surface area contributed by atoms with Gasteiger partial charge in [0.2, 0.25) is 11.7 Å². The lowest BCUT2D eigenvalue weighted by atomic mass is 10.1. The maximum atomic E-state index is 13.2. The van der Waals surface area contributed by atoms with Gasteiger partial charge in [-0.15, -0.1) is 0 Å². The second-order valence-electron chi connectivity index (χ2n) is 4.90. The molecule has 2 aromatic rings. The Bertz CT molecular complexity index is 588. The van der Waals surface area contributed by atoms with Crippen LogP contribution in [0.4, 0.5) is 4.39 Å². The van der Waals surface area contributed by atoms with E-state index in [0.717, 1.165) is 19.4 Å². The van der Waals surface area contributed by atoms with Crippen molar-refractivity contribution in [2.75, 3.05) is 6.54 Å². The van der Waals surface area contributed by atoms with E-state index >= 15 is 0 Å². The Morgan fingerprint density at radius 2 is 2.19 bits per heavy atom. The molecule has 1 aromatic carbocycles. The average Bonchev–Trinajstić information content (AvgIpc) is 2.95. The van der Waals surface area contributed by atoms with Crippen molar-refractivity contribution in [2.24, 2.45) is 0 Å². The summed E-state index contributed by atoms with van der Waals surface area (Å²) in [7, 11) is 0. The number of hydrogen-bond donors (Lipinski definition) is 1. The quantitative estimate of drug-likeness (QED) is 0.844. The summed E-state index contributed by atoms with van der Waals surface area (Å²) in [6.45, 7) is 5.21. The second-order valence-corrected chi connectivity index (χ2v) is 5.31. The number of nitrogens with zero attached hydrogens (tertiary/aromatic N) is 2. The van der Waals surface area contributed by atoms with Crippen LogP contribution >= 0.6 is 11.6 Å². The molecule has 0 bridgehead atoms. The minimum absolute atomic E-state index is 0.0508. The zero-order valence-electron chi connectivity index (χ0n) is 12.2. The van der Waals surface area contributed by atoms with Gasteiger partial charge in [-0.3, -0.25) is 0 Å². The van der Waals surface area contributed by atoms with E-state index in [4.69, 9.17) is 16.1 Å². The van der Waals surface area contributed by atoms with E-state index in [1.54, 1.807) is 6.07 Å². The van der Waals surface area contributed by atoms with Gasteiger partial charge in [0.25, 0.3) is 0 Å². The van der Waals surface area contributed by atoms with Gasteiger partial charge in [0, 0.05) is 18.0 Å². The fraction of sp³-hybridized carbons (Fsp3) is 0.467. The van der Waals surface area contributed by atoms with E-state index < -0.39 is 5.82 Å². The van der Waals surface area contributed by atoms with Crippen LogP contribution in [0.1, 0.15) is 32.6 Å². The largest absolute Gasteiger partial charge is 0.339 e. The molecule has 0 spiro atoms. The lowest BCUT2D eigenvalue weighted by molar-refractivity contribution is 0.354. The number of benzene rings is 1. The number of hydrogen-bond acceptors (Lipinski definition) is 4. The van der Waals surface area contributed by atoms with Crippen LogP contribution in [0.3, 0.4) is 0 Å². The molecule has 0 amide bonds. The topological polar surface area (TPSA) is 51.0 Å². The maximum absolute atomic E-state index is 13.2. The zero-order chi connectivity index (χ0) is 15.2. The third-order valence-corrected chi connectivity index (χ3v) is 3.53. The molecule has 2 rings (SSSR count). The first-order valence-electron chi connectivity index (χ1n) is 7.15. The smallest absolute Gasteiger partial charge is 0.228 e. The number of nitrogens with one attached hydrogen (secondary N) is 1. The second kappa shape index (κ2) is 7.52. The highest BCUT2D eigenvalue weighted by Crippen LogP contribution is 2.23. The molecule has 0 aliphatic rings. The Hall–Kier alpha value is -1.46. The molecule has 1 aromatic heterocycles. The molecule has 1 heterocycles. The van der Waals surface area contributed by atoms with Crippen LogP contribution in [0.5, 0.6) is 0 Å². The van der Waals surface area contributed by atoms with E-state index in [0.29, 0.717) is 29.7 Å². The third kappa shape index (κ3) is 4.25.